The van der Waals surface area contributed by atoms with Crippen LogP contribution in [0.1, 0.15) is 15.9 Å². The fourth-order valence-electron chi connectivity index (χ4n) is 2.44. The van der Waals surface area contributed by atoms with Gasteiger partial charge in [0.1, 0.15) is 11.5 Å². The van der Waals surface area contributed by atoms with E-state index in [0.717, 1.165) is 22.1 Å². The summed E-state index contributed by atoms with van der Waals surface area (Å²) in [5.74, 6) is 0.845. The zero-order chi connectivity index (χ0) is 16.2. The number of hydrogen-bond donors (Lipinski definition) is 2. The zero-order valence-corrected chi connectivity index (χ0v) is 12.7. The molecule has 0 fully saturated rings. The van der Waals surface area contributed by atoms with E-state index in [2.05, 4.69) is 5.32 Å². The Morgan fingerprint density at radius 3 is 2.65 bits per heavy atom. The second-order valence-corrected chi connectivity index (χ2v) is 5.28. The smallest absolute Gasteiger partial charge is 0.251 e. The van der Waals surface area contributed by atoms with Gasteiger partial charge >= 0.3 is 0 Å². The van der Waals surface area contributed by atoms with Gasteiger partial charge in [-0.25, -0.2) is 0 Å². The van der Waals surface area contributed by atoms with Gasteiger partial charge in [-0.1, -0.05) is 24.3 Å². The monoisotopic (exact) mass is 307 g/mol. The molecule has 3 rings (SSSR count). The maximum atomic E-state index is 12.3. The lowest BCUT2D eigenvalue weighted by Gasteiger charge is -2.08. The van der Waals surface area contributed by atoms with E-state index in [0.29, 0.717) is 12.1 Å². The summed E-state index contributed by atoms with van der Waals surface area (Å²) in [6, 6.07) is 18.1. The van der Waals surface area contributed by atoms with Gasteiger partial charge in [0.05, 0.1) is 7.11 Å². The van der Waals surface area contributed by atoms with Crippen LogP contribution in [-0.4, -0.2) is 18.1 Å². The molecule has 0 atom stereocenters. The van der Waals surface area contributed by atoms with Crippen molar-refractivity contribution in [2.24, 2.45) is 0 Å². The number of hydrogen-bond acceptors (Lipinski definition) is 3. The highest BCUT2D eigenvalue weighted by atomic mass is 16.5. The van der Waals surface area contributed by atoms with Crippen molar-refractivity contribution in [2.45, 2.75) is 6.54 Å². The lowest BCUT2D eigenvalue weighted by molar-refractivity contribution is 0.0951. The molecule has 0 spiro atoms. The number of methoxy groups -OCH3 is 1. The highest BCUT2D eigenvalue weighted by Gasteiger charge is 2.07. The Kier molecular flexibility index (Phi) is 4.15. The Hall–Kier alpha value is -3.01. The van der Waals surface area contributed by atoms with Crippen LogP contribution in [0.4, 0.5) is 0 Å². The molecule has 0 aliphatic carbocycles. The van der Waals surface area contributed by atoms with E-state index in [1.54, 1.807) is 31.4 Å². The standard InChI is InChI=1S/C19H17NO3/c1-23-18-4-2-3-13(9-18)12-20-19(22)16-6-5-15-11-17(21)8-7-14(15)10-16/h2-11,21H,12H2,1H3,(H,20,22). The summed E-state index contributed by atoms with van der Waals surface area (Å²) in [5.41, 5.74) is 1.56. The minimum absolute atomic E-state index is 0.136. The predicted octanol–water partition coefficient (Wildman–Crippen LogP) is 3.48. The van der Waals surface area contributed by atoms with Crippen LogP contribution in [0.5, 0.6) is 11.5 Å². The number of carbonyl (C=O) groups is 1. The average Bonchev–Trinajstić information content (AvgIpc) is 2.59. The molecule has 0 saturated carbocycles. The maximum absolute atomic E-state index is 12.3. The predicted molar refractivity (Wildman–Crippen MR) is 89.8 cm³/mol. The van der Waals surface area contributed by atoms with E-state index in [4.69, 9.17) is 4.74 Å². The molecule has 0 radical (unpaired) electrons. The van der Waals surface area contributed by atoms with Gasteiger partial charge in [-0.05, 0) is 52.7 Å². The van der Waals surface area contributed by atoms with E-state index in [-0.39, 0.29) is 11.7 Å². The quantitative estimate of drug-likeness (QED) is 0.776. The first-order valence-corrected chi connectivity index (χ1v) is 7.29. The number of amides is 1. The largest absolute Gasteiger partial charge is 0.508 e. The molecule has 3 aromatic rings. The highest BCUT2D eigenvalue weighted by molar-refractivity contribution is 5.98. The molecule has 0 bridgehead atoms. The molecule has 0 aromatic heterocycles. The minimum atomic E-state index is -0.136. The second kappa shape index (κ2) is 6.40. The summed E-state index contributed by atoms with van der Waals surface area (Å²) in [5, 5.41) is 14.2. The molecule has 0 unspecified atom stereocenters. The van der Waals surface area contributed by atoms with Crippen molar-refractivity contribution in [3.8, 4) is 11.5 Å². The molecule has 0 aliphatic rings. The van der Waals surface area contributed by atoms with Crippen LogP contribution in [0.2, 0.25) is 0 Å². The Morgan fingerprint density at radius 1 is 1.04 bits per heavy atom. The number of nitrogens with one attached hydrogen (secondary N) is 1. The lowest BCUT2D eigenvalue weighted by atomic mass is 10.1. The van der Waals surface area contributed by atoms with Gasteiger partial charge in [0.15, 0.2) is 0 Å². The van der Waals surface area contributed by atoms with Crippen LogP contribution in [0, 0.1) is 0 Å². The van der Waals surface area contributed by atoms with Crippen LogP contribution in [0.25, 0.3) is 10.8 Å². The fourth-order valence-corrected chi connectivity index (χ4v) is 2.44. The van der Waals surface area contributed by atoms with Gasteiger partial charge < -0.3 is 15.2 Å². The van der Waals surface area contributed by atoms with Crippen LogP contribution in [-0.2, 0) is 6.54 Å². The van der Waals surface area contributed by atoms with Gasteiger partial charge in [-0.2, -0.15) is 0 Å². The van der Waals surface area contributed by atoms with E-state index >= 15 is 0 Å². The molecule has 0 aliphatic heterocycles. The number of carbonyl (C=O) groups excluding carboxylic acids is 1. The zero-order valence-electron chi connectivity index (χ0n) is 12.7. The van der Waals surface area contributed by atoms with E-state index in [1.165, 1.54) is 0 Å². The topological polar surface area (TPSA) is 58.6 Å². The van der Waals surface area contributed by atoms with E-state index in [1.807, 2.05) is 36.4 Å². The molecule has 4 nitrogen and oxygen atoms in total. The summed E-state index contributed by atoms with van der Waals surface area (Å²) >= 11 is 0. The van der Waals surface area contributed by atoms with Crippen molar-refractivity contribution >= 4 is 16.7 Å². The Morgan fingerprint density at radius 2 is 1.83 bits per heavy atom. The van der Waals surface area contributed by atoms with Crippen molar-refractivity contribution in [1.29, 1.82) is 0 Å². The second-order valence-electron chi connectivity index (χ2n) is 5.28. The first-order valence-electron chi connectivity index (χ1n) is 7.29. The molecule has 1 amide bonds. The summed E-state index contributed by atoms with van der Waals surface area (Å²) < 4.78 is 5.17. The molecule has 0 heterocycles. The first kappa shape index (κ1) is 14.9. The molecular formula is C19H17NO3. The average molecular weight is 307 g/mol. The molecule has 23 heavy (non-hydrogen) atoms. The van der Waals surface area contributed by atoms with Crippen LogP contribution in [0.15, 0.2) is 60.7 Å². The number of rotatable bonds is 4. The number of ether oxygens (including phenoxy) is 1. The Balaban J connectivity index is 1.73. The highest BCUT2D eigenvalue weighted by Crippen LogP contribution is 2.21. The third kappa shape index (κ3) is 3.43. The molecular weight excluding hydrogens is 290 g/mol. The van der Waals surface area contributed by atoms with Crippen molar-refractivity contribution in [2.75, 3.05) is 7.11 Å². The van der Waals surface area contributed by atoms with Gasteiger partial charge in [0, 0.05) is 12.1 Å². The van der Waals surface area contributed by atoms with Gasteiger partial charge in [-0.15, -0.1) is 0 Å². The molecule has 2 N–H and O–H groups in total. The van der Waals surface area contributed by atoms with Crippen LogP contribution >= 0.6 is 0 Å². The van der Waals surface area contributed by atoms with Crippen molar-refractivity contribution < 1.29 is 14.6 Å². The molecule has 4 heteroatoms. The lowest BCUT2D eigenvalue weighted by Crippen LogP contribution is -2.22. The third-order valence-electron chi connectivity index (χ3n) is 3.67. The summed E-state index contributed by atoms with van der Waals surface area (Å²) in [6.07, 6.45) is 0. The SMILES string of the molecule is COc1cccc(CNC(=O)c2ccc3cc(O)ccc3c2)c1. The number of phenolic OH excluding ortho intramolecular Hbond substituents is 1. The van der Waals surface area contributed by atoms with Crippen LogP contribution < -0.4 is 10.1 Å². The Bertz CT molecular complexity index is 858. The number of phenols is 1. The third-order valence-corrected chi connectivity index (χ3v) is 3.67. The minimum Gasteiger partial charge on any atom is -0.508 e. The molecule has 3 aromatic carbocycles. The number of aromatic hydroxyl groups is 1. The summed E-state index contributed by atoms with van der Waals surface area (Å²) in [7, 11) is 1.62. The summed E-state index contributed by atoms with van der Waals surface area (Å²) in [6.45, 7) is 0.434. The van der Waals surface area contributed by atoms with Gasteiger partial charge in [0.25, 0.3) is 5.91 Å². The van der Waals surface area contributed by atoms with Crippen molar-refractivity contribution in [1.82, 2.24) is 5.32 Å². The van der Waals surface area contributed by atoms with Crippen molar-refractivity contribution in [3.05, 3.63) is 71.8 Å². The van der Waals surface area contributed by atoms with Crippen molar-refractivity contribution in [3.63, 3.8) is 0 Å². The van der Waals surface area contributed by atoms with Crippen LogP contribution in [0.3, 0.4) is 0 Å². The van der Waals surface area contributed by atoms with Gasteiger partial charge in [0.2, 0.25) is 0 Å². The van der Waals surface area contributed by atoms with Gasteiger partial charge in [-0.3, -0.25) is 4.79 Å². The normalized spacial score (nSPS) is 10.5. The first-order chi connectivity index (χ1) is 11.2. The number of fused-ring (bicyclic) bond motifs is 1. The fraction of sp³-hybridized carbons (Fsp3) is 0.105. The van der Waals surface area contributed by atoms with E-state index < -0.39 is 0 Å². The number of benzene rings is 3. The Labute approximate surface area is 134 Å². The van der Waals surface area contributed by atoms with E-state index in [9.17, 15) is 9.90 Å². The molecule has 0 saturated heterocycles. The molecule has 116 valence electrons. The summed E-state index contributed by atoms with van der Waals surface area (Å²) in [4.78, 5) is 12.3. The maximum Gasteiger partial charge on any atom is 0.251 e.